The minimum absolute atomic E-state index is 0.187. The molecule has 2 aliphatic rings. The molecule has 2 heterocycles. The van der Waals surface area contributed by atoms with E-state index in [-0.39, 0.29) is 5.91 Å². The Morgan fingerprint density at radius 1 is 1.16 bits per heavy atom. The first-order valence-corrected chi connectivity index (χ1v) is 9.33. The fourth-order valence-electron chi connectivity index (χ4n) is 4.66. The van der Waals surface area contributed by atoms with Gasteiger partial charge in [0.05, 0.1) is 0 Å². The minimum Gasteiger partial charge on any atom is -0.338 e. The topological polar surface area (TPSA) is 46.1 Å². The average molecular weight is 335 g/mol. The number of carbonyl (C=O) groups excluding carboxylic acids is 1. The summed E-state index contributed by atoms with van der Waals surface area (Å²) in [5, 5.41) is 0. The zero-order valence-electron chi connectivity index (χ0n) is 14.8. The highest BCUT2D eigenvalue weighted by atomic mass is 16.2. The maximum atomic E-state index is 12.8. The number of hydrogen-bond acceptors (Lipinski definition) is 3. The van der Waals surface area contributed by atoms with Crippen LogP contribution in [0.4, 0.5) is 0 Å². The second-order valence-corrected chi connectivity index (χ2v) is 7.49. The Morgan fingerprint density at radius 2 is 2.00 bits per heavy atom. The SMILES string of the molecule is Cc1nccc(C[C@H]2CCC[C@@H]3CN(C(=O)c4ccccc4)C[C@H]23)n1. The van der Waals surface area contributed by atoms with Gasteiger partial charge in [0.15, 0.2) is 0 Å². The lowest BCUT2D eigenvalue weighted by Crippen LogP contribution is -2.30. The molecule has 2 fully saturated rings. The van der Waals surface area contributed by atoms with Crippen molar-refractivity contribution in [1.82, 2.24) is 14.9 Å². The van der Waals surface area contributed by atoms with Crippen LogP contribution in [-0.2, 0) is 6.42 Å². The van der Waals surface area contributed by atoms with Crippen molar-refractivity contribution in [2.75, 3.05) is 13.1 Å². The van der Waals surface area contributed by atoms with E-state index in [0.29, 0.717) is 17.8 Å². The number of amides is 1. The first-order chi connectivity index (χ1) is 12.2. The lowest BCUT2D eigenvalue weighted by atomic mass is 9.72. The average Bonchev–Trinajstić information content (AvgIpc) is 3.07. The number of aromatic nitrogens is 2. The number of benzene rings is 1. The van der Waals surface area contributed by atoms with E-state index in [9.17, 15) is 4.79 Å². The normalized spacial score (nSPS) is 25.6. The number of carbonyl (C=O) groups is 1. The Labute approximate surface area is 149 Å². The number of nitrogens with zero attached hydrogens (tertiary/aromatic N) is 3. The van der Waals surface area contributed by atoms with E-state index >= 15 is 0 Å². The van der Waals surface area contributed by atoms with Gasteiger partial charge in [0, 0.05) is 30.5 Å². The zero-order chi connectivity index (χ0) is 17.2. The summed E-state index contributed by atoms with van der Waals surface area (Å²) in [6.07, 6.45) is 6.64. The number of rotatable bonds is 3. The predicted molar refractivity (Wildman–Crippen MR) is 97.1 cm³/mol. The molecule has 4 nitrogen and oxygen atoms in total. The summed E-state index contributed by atoms with van der Waals surface area (Å²) in [6, 6.07) is 11.7. The van der Waals surface area contributed by atoms with E-state index in [2.05, 4.69) is 14.9 Å². The summed E-state index contributed by atoms with van der Waals surface area (Å²) in [4.78, 5) is 23.7. The van der Waals surface area contributed by atoms with Gasteiger partial charge in [-0.1, -0.05) is 24.6 Å². The molecule has 2 aromatic rings. The van der Waals surface area contributed by atoms with Crippen LogP contribution in [0.1, 0.15) is 41.1 Å². The molecule has 0 unspecified atom stereocenters. The summed E-state index contributed by atoms with van der Waals surface area (Å²) in [5.74, 6) is 2.91. The van der Waals surface area contributed by atoms with Crippen LogP contribution in [0.5, 0.6) is 0 Å². The molecule has 0 spiro atoms. The van der Waals surface area contributed by atoms with Crippen LogP contribution in [0, 0.1) is 24.7 Å². The fourth-order valence-corrected chi connectivity index (χ4v) is 4.66. The quantitative estimate of drug-likeness (QED) is 0.862. The van der Waals surface area contributed by atoms with Gasteiger partial charge in [-0.3, -0.25) is 4.79 Å². The van der Waals surface area contributed by atoms with Crippen molar-refractivity contribution in [2.24, 2.45) is 17.8 Å². The van der Waals surface area contributed by atoms with Crippen molar-refractivity contribution >= 4 is 5.91 Å². The summed E-state index contributed by atoms with van der Waals surface area (Å²) in [7, 11) is 0. The third kappa shape index (κ3) is 3.44. The molecule has 4 rings (SSSR count). The standard InChI is InChI=1S/C21H25N3O/c1-15-22-11-10-19(23-15)12-17-8-5-9-18-13-24(14-20(17)18)21(25)16-6-3-2-4-7-16/h2-4,6-7,10-11,17-18,20H,5,8-9,12-14H2,1H3/t17-,18-,20-/m1/s1. The lowest BCUT2D eigenvalue weighted by Gasteiger charge is -2.32. The number of fused-ring (bicyclic) bond motifs is 1. The van der Waals surface area contributed by atoms with Gasteiger partial charge in [-0.25, -0.2) is 9.97 Å². The Balaban J connectivity index is 1.47. The maximum absolute atomic E-state index is 12.8. The van der Waals surface area contributed by atoms with E-state index in [1.165, 1.54) is 19.3 Å². The van der Waals surface area contributed by atoms with Gasteiger partial charge in [-0.2, -0.15) is 0 Å². The Kier molecular flexibility index (Phi) is 4.51. The van der Waals surface area contributed by atoms with Gasteiger partial charge >= 0.3 is 0 Å². The molecule has 130 valence electrons. The van der Waals surface area contributed by atoms with Crippen molar-refractivity contribution in [3.05, 3.63) is 59.7 Å². The molecular formula is C21H25N3O. The molecule has 1 aromatic heterocycles. The van der Waals surface area contributed by atoms with Crippen molar-refractivity contribution in [3.8, 4) is 0 Å². The van der Waals surface area contributed by atoms with Crippen LogP contribution in [0.15, 0.2) is 42.6 Å². The Morgan fingerprint density at radius 3 is 2.80 bits per heavy atom. The molecule has 1 saturated heterocycles. The van der Waals surface area contributed by atoms with Gasteiger partial charge < -0.3 is 4.90 Å². The van der Waals surface area contributed by atoms with Crippen LogP contribution in [-0.4, -0.2) is 33.9 Å². The molecule has 4 heteroatoms. The van der Waals surface area contributed by atoms with E-state index < -0.39 is 0 Å². The molecule has 1 aliphatic heterocycles. The second kappa shape index (κ2) is 6.95. The monoisotopic (exact) mass is 335 g/mol. The molecule has 0 bridgehead atoms. The zero-order valence-corrected chi connectivity index (χ0v) is 14.8. The first kappa shape index (κ1) is 16.2. The molecule has 0 radical (unpaired) electrons. The highest BCUT2D eigenvalue weighted by molar-refractivity contribution is 5.94. The van der Waals surface area contributed by atoms with E-state index in [1.54, 1.807) is 0 Å². The Hall–Kier alpha value is -2.23. The summed E-state index contributed by atoms with van der Waals surface area (Å²) in [5.41, 5.74) is 1.95. The summed E-state index contributed by atoms with van der Waals surface area (Å²) < 4.78 is 0. The van der Waals surface area contributed by atoms with Gasteiger partial charge in [0.1, 0.15) is 5.82 Å². The van der Waals surface area contributed by atoms with E-state index in [0.717, 1.165) is 36.6 Å². The van der Waals surface area contributed by atoms with Gasteiger partial charge in [0.2, 0.25) is 0 Å². The molecule has 25 heavy (non-hydrogen) atoms. The van der Waals surface area contributed by atoms with Crippen LogP contribution >= 0.6 is 0 Å². The third-order valence-corrected chi connectivity index (χ3v) is 5.86. The molecule has 1 aliphatic carbocycles. The number of aryl methyl sites for hydroxylation is 1. The van der Waals surface area contributed by atoms with E-state index in [1.807, 2.05) is 49.5 Å². The van der Waals surface area contributed by atoms with Gasteiger partial charge in [-0.15, -0.1) is 0 Å². The number of hydrogen-bond donors (Lipinski definition) is 0. The second-order valence-electron chi connectivity index (χ2n) is 7.49. The van der Waals surface area contributed by atoms with E-state index in [4.69, 9.17) is 0 Å². The van der Waals surface area contributed by atoms with Crippen molar-refractivity contribution in [1.29, 1.82) is 0 Å². The molecule has 1 aromatic carbocycles. The molecule has 1 saturated carbocycles. The van der Waals surface area contributed by atoms with Gasteiger partial charge in [0.25, 0.3) is 5.91 Å². The summed E-state index contributed by atoms with van der Waals surface area (Å²) in [6.45, 7) is 3.76. The highest BCUT2D eigenvalue weighted by Crippen LogP contribution is 2.41. The van der Waals surface area contributed by atoms with Crippen LogP contribution < -0.4 is 0 Å². The Bertz CT molecular complexity index is 746. The minimum atomic E-state index is 0.187. The van der Waals surface area contributed by atoms with Crippen LogP contribution in [0.3, 0.4) is 0 Å². The fraction of sp³-hybridized carbons (Fsp3) is 0.476. The molecular weight excluding hydrogens is 310 g/mol. The van der Waals surface area contributed by atoms with Crippen LogP contribution in [0.25, 0.3) is 0 Å². The maximum Gasteiger partial charge on any atom is 0.253 e. The largest absolute Gasteiger partial charge is 0.338 e. The summed E-state index contributed by atoms with van der Waals surface area (Å²) >= 11 is 0. The van der Waals surface area contributed by atoms with Gasteiger partial charge in [-0.05, 0) is 62.1 Å². The first-order valence-electron chi connectivity index (χ1n) is 9.33. The van der Waals surface area contributed by atoms with Crippen molar-refractivity contribution in [3.63, 3.8) is 0 Å². The van der Waals surface area contributed by atoms with Crippen LogP contribution in [0.2, 0.25) is 0 Å². The predicted octanol–water partition coefficient (Wildman–Crippen LogP) is 3.52. The van der Waals surface area contributed by atoms with Crippen molar-refractivity contribution < 1.29 is 4.79 Å². The smallest absolute Gasteiger partial charge is 0.253 e. The highest BCUT2D eigenvalue weighted by Gasteiger charge is 2.41. The molecule has 1 amide bonds. The van der Waals surface area contributed by atoms with Crippen molar-refractivity contribution in [2.45, 2.75) is 32.6 Å². The lowest BCUT2D eigenvalue weighted by molar-refractivity contribution is 0.0781. The third-order valence-electron chi connectivity index (χ3n) is 5.86. The molecule has 3 atom stereocenters. The number of likely N-dealkylation sites (tertiary alicyclic amines) is 1. The molecule has 0 N–H and O–H groups in total.